The number of phosphoric ester groups is 1. The third-order valence-electron chi connectivity index (χ3n) is 4.27. The number of benzene rings is 2. The fourth-order valence-electron chi connectivity index (χ4n) is 3.01. The zero-order valence-electron chi connectivity index (χ0n) is 17.0. The lowest BCUT2D eigenvalue weighted by Crippen LogP contribution is -2.25. The molecule has 0 atom stereocenters. The Hall–Kier alpha value is -1.70. The summed E-state index contributed by atoms with van der Waals surface area (Å²) < 4.78 is 39.3. The van der Waals surface area contributed by atoms with Crippen molar-refractivity contribution in [2.75, 3.05) is 45.5 Å². The summed E-state index contributed by atoms with van der Waals surface area (Å²) in [6, 6.07) is 11.9. The average molecular weight is 439 g/mol. The summed E-state index contributed by atoms with van der Waals surface area (Å²) in [4.78, 5) is 4.24. The number of rotatable bonds is 10. The average Bonchev–Trinajstić information content (AvgIpc) is 2.72. The van der Waals surface area contributed by atoms with Gasteiger partial charge in [0.1, 0.15) is 11.5 Å². The highest BCUT2D eigenvalue weighted by molar-refractivity contribution is 7.99. The topological polar surface area (TPSA) is 66.5 Å². The highest BCUT2D eigenvalue weighted by Crippen LogP contribution is 2.51. The first-order valence-corrected chi connectivity index (χ1v) is 11.7. The Morgan fingerprint density at radius 2 is 1.38 bits per heavy atom. The predicted molar refractivity (Wildman–Crippen MR) is 114 cm³/mol. The van der Waals surface area contributed by atoms with Crippen molar-refractivity contribution < 1.29 is 27.6 Å². The standard InChI is InChI=1S/C20H26NO6PS/c1-5-25-28(22,26-6-2)27-12-11-21-17-9-7-15(23-3)13-19(17)29-20-14-16(24-4)8-10-18(20)21/h7-10,13-14H,5-6,11-12H2,1-4H3. The minimum absolute atomic E-state index is 0.179. The van der Waals surface area contributed by atoms with Crippen LogP contribution in [0.1, 0.15) is 13.8 Å². The van der Waals surface area contributed by atoms with E-state index >= 15 is 0 Å². The fourth-order valence-corrected chi connectivity index (χ4v) is 5.33. The Bertz CT molecular complexity index is 830. The van der Waals surface area contributed by atoms with Crippen LogP contribution in [-0.2, 0) is 18.1 Å². The van der Waals surface area contributed by atoms with Crippen LogP contribution in [0.5, 0.6) is 11.5 Å². The molecule has 0 fully saturated rings. The molecule has 0 N–H and O–H groups in total. The van der Waals surface area contributed by atoms with Crippen molar-refractivity contribution in [2.24, 2.45) is 0 Å². The molecule has 0 aromatic heterocycles. The van der Waals surface area contributed by atoms with Crippen LogP contribution in [0.4, 0.5) is 11.4 Å². The molecule has 1 aliphatic heterocycles. The van der Waals surface area contributed by atoms with Crippen LogP contribution in [0.2, 0.25) is 0 Å². The lowest BCUT2D eigenvalue weighted by atomic mass is 10.2. The summed E-state index contributed by atoms with van der Waals surface area (Å²) >= 11 is 1.65. The summed E-state index contributed by atoms with van der Waals surface area (Å²) in [7, 11) is -0.254. The second kappa shape index (κ2) is 9.87. The maximum absolute atomic E-state index is 12.6. The van der Waals surface area contributed by atoms with Crippen LogP contribution in [0.25, 0.3) is 0 Å². The largest absolute Gasteiger partial charge is 0.497 e. The summed E-state index contributed by atoms with van der Waals surface area (Å²) in [6.45, 7) is 4.67. The molecule has 9 heteroatoms. The first-order chi connectivity index (χ1) is 14.0. The second-order valence-corrected chi connectivity index (χ2v) is 8.79. The molecule has 1 aliphatic rings. The van der Waals surface area contributed by atoms with E-state index in [2.05, 4.69) is 4.90 Å². The van der Waals surface area contributed by atoms with Crippen molar-refractivity contribution in [1.29, 1.82) is 0 Å². The molecule has 3 rings (SSSR count). The Balaban J connectivity index is 1.86. The summed E-state index contributed by atoms with van der Waals surface area (Å²) in [5.41, 5.74) is 2.06. The second-order valence-electron chi connectivity index (χ2n) is 6.04. The number of fused-ring (bicyclic) bond motifs is 2. The van der Waals surface area contributed by atoms with Gasteiger partial charge in [0.25, 0.3) is 0 Å². The first kappa shape index (κ1) is 22.0. The summed E-state index contributed by atoms with van der Waals surface area (Å²) in [5, 5.41) is 0. The van der Waals surface area contributed by atoms with E-state index in [0.717, 1.165) is 32.7 Å². The Morgan fingerprint density at radius 3 is 1.83 bits per heavy atom. The highest BCUT2D eigenvalue weighted by Gasteiger charge is 2.28. The van der Waals surface area contributed by atoms with E-state index < -0.39 is 7.82 Å². The Morgan fingerprint density at radius 1 is 0.862 bits per heavy atom. The van der Waals surface area contributed by atoms with Gasteiger partial charge < -0.3 is 14.4 Å². The van der Waals surface area contributed by atoms with Gasteiger partial charge in [0.2, 0.25) is 0 Å². The molecular weight excluding hydrogens is 413 g/mol. The van der Waals surface area contributed by atoms with Crippen molar-refractivity contribution in [1.82, 2.24) is 0 Å². The lowest BCUT2D eigenvalue weighted by molar-refractivity contribution is 0.124. The molecule has 0 saturated carbocycles. The van der Waals surface area contributed by atoms with Crippen LogP contribution >= 0.6 is 19.6 Å². The molecule has 0 aliphatic carbocycles. The maximum atomic E-state index is 12.6. The van der Waals surface area contributed by atoms with Gasteiger partial charge in [-0.3, -0.25) is 13.6 Å². The number of anilines is 2. The normalized spacial score (nSPS) is 13.0. The van der Waals surface area contributed by atoms with Gasteiger partial charge in [-0.25, -0.2) is 4.57 Å². The number of methoxy groups -OCH3 is 2. The minimum atomic E-state index is -3.55. The molecule has 0 amide bonds. The molecule has 2 aromatic carbocycles. The van der Waals surface area contributed by atoms with Gasteiger partial charge in [-0.1, -0.05) is 11.8 Å². The molecule has 0 saturated heterocycles. The van der Waals surface area contributed by atoms with Crippen molar-refractivity contribution in [2.45, 2.75) is 23.6 Å². The molecular formula is C20H26NO6PS. The lowest BCUT2D eigenvalue weighted by Gasteiger charge is -2.33. The van der Waals surface area contributed by atoms with E-state index in [4.69, 9.17) is 23.0 Å². The van der Waals surface area contributed by atoms with Gasteiger partial charge in [-0.2, -0.15) is 0 Å². The molecule has 1 heterocycles. The molecule has 0 radical (unpaired) electrons. The molecule has 29 heavy (non-hydrogen) atoms. The first-order valence-electron chi connectivity index (χ1n) is 9.38. The van der Waals surface area contributed by atoms with Gasteiger partial charge in [0.05, 0.1) is 45.4 Å². The van der Waals surface area contributed by atoms with Gasteiger partial charge in [-0.15, -0.1) is 0 Å². The smallest absolute Gasteiger partial charge is 0.474 e. The fraction of sp³-hybridized carbons (Fsp3) is 0.400. The number of hydrogen-bond donors (Lipinski definition) is 0. The third-order valence-corrected chi connectivity index (χ3v) is 7.02. The molecule has 0 spiro atoms. The third kappa shape index (κ3) is 5.08. The van der Waals surface area contributed by atoms with Crippen LogP contribution in [0.15, 0.2) is 46.2 Å². The number of nitrogens with zero attached hydrogens (tertiary/aromatic N) is 1. The van der Waals surface area contributed by atoms with E-state index in [1.165, 1.54) is 0 Å². The van der Waals surface area contributed by atoms with Crippen molar-refractivity contribution >= 4 is 31.0 Å². The molecule has 7 nitrogen and oxygen atoms in total. The van der Waals surface area contributed by atoms with Gasteiger partial charge in [0, 0.05) is 16.3 Å². The van der Waals surface area contributed by atoms with Crippen LogP contribution < -0.4 is 14.4 Å². The molecule has 158 valence electrons. The van der Waals surface area contributed by atoms with E-state index in [-0.39, 0.29) is 19.8 Å². The number of phosphoric acid groups is 1. The Labute approximate surface area is 175 Å². The molecule has 0 bridgehead atoms. The van der Waals surface area contributed by atoms with Crippen molar-refractivity contribution in [3.63, 3.8) is 0 Å². The maximum Gasteiger partial charge on any atom is 0.474 e. The van der Waals surface area contributed by atoms with E-state index in [0.29, 0.717) is 6.54 Å². The van der Waals surface area contributed by atoms with Gasteiger partial charge >= 0.3 is 7.82 Å². The molecule has 0 unspecified atom stereocenters. The van der Waals surface area contributed by atoms with E-state index in [1.807, 2.05) is 36.4 Å². The van der Waals surface area contributed by atoms with Crippen molar-refractivity contribution in [3.05, 3.63) is 36.4 Å². The Kier molecular flexibility index (Phi) is 7.49. The minimum Gasteiger partial charge on any atom is -0.497 e. The van der Waals surface area contributed by atoms with Gasteiger partial charge in [-0.05, 0) is 50.2 Å². The predicted octanol–water partition coefficient (Wildman–Crippen LogP) is 5.50. The molecule has 2 aromatic rings. The van der Waals surface area contributed by atoms with Crippen LogP contribution in [-0.4, -0.2) is 40.6 Å². The zero-order valence-corrected chi connectivity index (χ0v) is 18.8. The number of ether oxygens (including phenoxy) is 2. The highest BCUT2D eigenvalue weighted by atomic mass is 32.2. The number of hydrogen-bond acceptors (Lipinski definition) is 8. The zero-order chi connectivity index (χ0) is 20.9. The monoisotopic (exact) mass is 439 g/mol. The van der Waals surface area contributed by atoms with Crippen molar-refractivity contribution in [3.8, 4) is 11.5 Å². The van der Waals surface area contributed by atoms with E-state index in [1.54, 1.807) is 39.8 Å². The summed E-state index contributed by atoms with van der Waals surface area (Å²) in [5.74, 6) is 1.58. The summed E-state index contributed by atoms with van der Waals surface area (Å²) in [6.07, 6.45) is 0. The SMILES string of the molecule is CCOP(=O)(OCC)OCCN1c2ccc(OC)cc2Sc2cc(OC)ccc21. The van der Waals surface area contributed by atoms with Crippen LogP contribution in [0, 0.1) is 0 Å². The van der Waals surface area contributed by atoms with Gasteiger partial charge in [0.15, 0.2) is 0 Å². The quantitative estimate of drug-likeness (QED) is 0.450. The van der Waals surface area contributed by atoms with E-state index in [9.17, 15) is 4.57 Å². The van der Waals surface area contributed by atoms with Crippen LogP contribution in [0.3, 0.4) is 0 Å².